The van der Waals surface area contributed by atoms with E-state index < -0.39 is 65.4 Å². The molecule has 14 nitrogen and oxygen atoms in total. The van der Waals surface area contributed by atoms with Crippen LogP contribution < -0.4 is 24.3 Å². The molecule has 1 N–H and O–H groups in total. The van der Waals surface area contributed by atoms with Crippen molar-refractivity contribution < 1.29 is 76.5 Å². The van der Waals surface area contributed by atoms with E-state index in [0.29, 0.717) is 27.5 Å². The molecule has 1 saturated heterocycles. The summed E-state index contributed by atoms with van der Waals surface area (Å²) in [5, 5.41) is 8.14. The molecule has 0 unspecified atom stereocenters. The smallest absolute Gasteiger partial charge is 0.870 e. The molecule has 19 heteroatoms. The third-order valence-corrected chi connectivity index (χ3v) is 18.5. The number of esters is 3. The number of aryl methyl sites for hydroxylation is 4. The van der Waals surface area contributed by atoms with Gasteiger partial charge in [-0.1, -0.05) is 166 Å². The first kappa shape index (κ1) is 92.9. The summed E-state index contributed by atoms with van der Waals surface area (Å²) in [6, 6.07) is 49.8. The number of carbonyl (C=O) groups excluding carboxylic acids is 3. The summed E-state index contributed by atoms with van der Waals surface area (Å²) < 4.78 is 48.0. The molecule has 0 aliphatic carbocycles. The summed E-state index contributed by atoms with van der Waals surface area (Å²) in [7, 11) is -0.472. The zero-order valence-electron chi connectivity index (χ0n) is 64.5. The van der Waals surface area contributed by atoms with E-state index in [1.165, 1.54) is 5.56 Å². The van der Waals surface area contributed by atoms with Crippen LogP contribution in [0.3, 0.4) is 0 Å². The third-order valence-electron chi connectivity index (χ3n) is 17.8. The van der Waals surface area contributed by atoms with E-state index in [-0.39, 0.29) is 65.8 Å². The summed E-state index contributed by atoms with van der Waals surface area (Å²) >= 11 is 18.6. The third kappa shape index (κ3) is 22.4. The van der Waals surface area contributed by atoms with Crippen molar-refractivity contribution >= 4 is 97.6 Å². The molecule has 2 heterocycles. The van der Waals surface area contributed by atoms with E-state index in [1.54, 1.807) is 32.3 Å². The van der Waals surface area contributed by atoms with Crippen molar-refractivity contribution in [2.75, 3.05) is 19.8 Å². The number of hydrogen-bond donors (Lipinski definition) is 0. The Morgan fingerprint density at radius 3 is 1.06 bits per heavy atom. The van der Waals surface area contributed by atoms with Crippen LogP contribution in [0.5, 0.6) is 0 Å². The first-order valence-electron chi connectivity index (χ1n) is 35.0. The molecule has 1 fully saturated rings. The van der Waals surface area contributed by atoms with E-state index >= 15 is 0 Å². The second-order valence-electron chi connectivity index (χ2n) is 29.9. The molecule has 0 amide bonds. The fourth-order valence-corrected chi connectivity index (χ4v) is 13.1. The maximum atomic E-state index is 13.3. The van der Waals surface area contributed by atoms with Crippen molar-refractivity contribution in [3.05, 3.63) is 218 Å². The number of carbonyl (C=O) groups is 3. The van der Waals surface area contributed by atoms with Gasteiger partial charge in [0, 0.05) is 49.7 Å². The summed E-state index contributed by atoms with van der Waals surface area (Å²) in [6.45, 7) is 40.0. The summed E-state index contributed by atoms with van der Waals surface area (Å²) in [5.41, 5.74) is 11.4. The van der Waals surface area contributed by atoms with Gasteiger partial charge in [-0.2, -0.15) is 0 Å². The second-order valence-corrected chi connectivity index (χ2v) is 31.2. The molecule has 572 valence electrons. The summed E-state index contributed by atoms with van der Waals surface area (Å²) in [6.07, 6.45) is 0.845. The fourth-order valence-electron chi connectivity index (χ4n) is 12.7. The van der Waals surface area contributed by atoms with Gasteiger partial charge in [0.15, 0.2) is 24.1 Å². The SMILES string of the molecule is C.C.C.CCOC(=O)[C@@H](OC(C)(C)C)c1c(C)cc2cc(-c3ncccn3)ccc2c1-c1ccc(Cl)cc1.CCOC(=O)[C@@H](OC(C)(C)C)c1c(C)cc2cc(B3OC(C)(C)C(C)(C)O3)ccc2c1-c1ccc(Cl)cc1.CCOC(=O)[C@@H](OC(C)(C)C)c1c(C)cc2cc(C)ccc2c1-c1ccc(Cl)cc1.[Li+].[OH-]. The van der Waals surface area contributed by atoms with Crippen LogP contribution >= 0.6 is 34.8 Å². The maximum Gasteiger partial charge on any atom is 1.00 e. The van der Waals surface area contributed by atoms with E-state index in [0.717, 1.165) is 110 Å². The zero-order valence-corrected chi connectivity index (χ0v) is 66.8. The minimum Gasteiger partial charge on any atom is -0.870 e. The van der Waals surface area contributed by atoms with Gasteiger partial charge in [0.1, 0.15) is 0 Å². The van der Waals surface area contributed by atoms with Crippen LogP contribution in [0.2, 0.25) is 15.1 Å². The Labute approximate surface area is 669 Å². The quantitative estimate of drug-likeness (QED) is 0.0477. The van der Waals surface area contributed by atoms with Gasteiger partial charge in [-0.3, -0.25) is 0 Å². The first-order chi connectivity index (χ1) is 48.4. The number of rotatable bonds is 17. The van der Waals surface area contributed by atoms with Crippen LogP contribution in [0.4, 0.5) is 0 Å². The number of benzene rings is 9. The predicted octanol–water partition coefficient (Wildman–Crippen LogP) is 20.5. The molecule has 0 bridgehead atoms. The Morgan fingerprint density at radius 2 is 0.731 bits per heavy atom. The monoisotopic (exact) mass is 1520 g/mol. The molecular formula is C89H109BCl3LiN2O12. The minimum absolute atomic E-state index is 0. The molecule has 11 rings (SSSR count). The average Bonchev–Trinajstić information content (AvgIpc) is 1.15. The second kappa shape index (κ2) is 38.5. The largest absolute Gasteiger partial charge is 1.00 e. The predicted molar refractivity (Wildman–Crippen MR) is 442 cm³/mol. The molecule has 1 aromatic heterocycles. The van der Waals surface area contributed by atoms with Crippen LogP contribution in [-0.2, 0) is 52.1 Å². The number of aromatic nitrogens is 2. The molecule has 0 saturated carbocycles. The topological polar surface area (TPSA) is 181 Å². The van der Waals surface area contributed by atoms with E-state index in [4.69, 9.17) is 72.5 Å². The fraction of sp³-hybridized carbons (Fsp3) is 0.382. The minimum atomic E-state index is -0.896. The van der Waals surface area contributed by atoms with Gasteiger partial charge in [-0.15, -0.1) is 0 Å². The number of fused-ring (bicyclic) bond motifs is 3. The van der Waals surface area contributed by atoms with Crippen LogP contribution in [0.25, 0.3) is 77.1 Å². The number of nitrogens with zero attached hydrogens (tertiary/aromatic N) is 2. The van der Waals surface area contributed by atoms with Gasteiger partial charge in [-0.05, 0) is 275 Å². The van der Waals surface area contributed by atoms with E-state index in [1.807, 2.05) is 209 Å². The molecule has 0 spiro atoms. The standard InChI is InChI=1S/C31H38BClO5.C29H29ClN2O3.C26H29ClO3.3CH4.Li.H2O/c1-10-35-28(34)27(36-29(3,4)5)25-19(2)17-21-18-22(32-37-30(6,7)31(8,9)38-32)13-16-24(21)26(25)20-11-14-23(33)15-12-20;1-6-34-28(33)26(35-29(3,4)5)24-18(2)16-21-17-20(27-31-14-7-15-32-27)10-13-23(21)25(24)19-8-11-22(30)12-9-19;1-7-29-25(28)24(30-26(4,5)6)22-17(3)15-19-14-16(2)8-13-21(19)23(22)18-9-11-20(27)12-10-18;;;;;/h11-18,27H,10H2,1-9H3;7-17,26H,6H2,1-5H3;8-15,24H,7H2,1-6H3;3*1H4;;1H2/q;;;;;;+1;/p-1/t27-;26-;24-;;;;;/m000...../s1. The zero-order chi connectivity index (χ0) is 75.3. The Kier molecular flexibility index (Phi) is 33.1. The van der Waals surface area contributed by atoms with E-state index in [2.05, 4.69) is 71.5 Å². The molecule has 9 aromatic carbocycles. The van der Waals surface area contributed by atoms with Gasteiger partial charge in [0.25, 0.3) is 0 Å². The van der Waals surface area contributed by atoms with Crippen LogP contribution in [0.15, 0.2) is 164 Å². The van der Waals surface area contributed by atoms with E-state index in [9.17, 15) is 14.4 Å². The Bertz CT molecular complexity index is 4690. The van der Waals surface area contributed by atoms with Gasteiger partial charge in [0.2, 0.25) is 0 Å². The number of ether oxygens (including phenoxy) is 6. The molecule has 108 heavy (non-hydrogen) atoms. The molecule has 0 radical (unpaired) electrons. The summed E-state index contributed by atoms with van der Waals surface area (Å²) in [5.74, 6) is -0.537. The van der Waals surface area contributed by atoms with Crippen molar-refractivity contribution in [1.82, 2.24) is 9.97 Å². The van der Waals surface area contributed by atoms with Crippen LogP contribution in [0.1, 0.15) is 190 Å². The van der Waals surface area contributed by atoms with Crippen molar-refractivity contribution in [3.63, 3.8) is 0 Å². The first-order valence-corrected chi connectivity index (χ1v) is 36.2. The van der Waals surface area contributed by atoms with Crippen LogP contribution in [0, 0.1) is 27.7 Å². The van der Waals surface area contributed by atoms with Crippen molar-refractivity contribution in [3.8, 4) is 44.8 Å². The van der Waals surface area contributed by atoms with Gasteiger partial charge in [-0.25, -0.2) is 24.4 Å². The van der Waals surface area contributed by atoms with Gasteiger partial charge in [0.05, 0.1) is 47.8 Å². The van der Waals surface area contributed by atoms with Gasteiger partial charge < -0.3 is 43.2 Å². The normalized spacial score (nSPS) is 13.8. The average molecular weight is 1520 g/mol. The van der Waals surface area contributed by atoms with Crippen molar-refractivity contribution in [2.45, 2.75) is 207 Å². The molecule has 10 aromatic rings. The van der Waals surface area contributed by atoms with Crippen LogP contribution in [-0.4, -0.2) is 88.3 Å². The Hall–Kier alpha value is -7.46. The molecule has 1 aliphatic rings. The number of hydrogen-bond acceptors (Lipinski definition) is 14. The Morgan fingerprint density at radius 1 is 0.435 bits per heavy atom. The van der Waals surface area contributed by atoms with Gasteiger partial charge >= 0.3 is 43.9 Å². The van der Waals surface area contributed by atoms with Crippen molar-refractivity contribution in [2.24, 2.45) is 0 Å². The van der Waals surface area contributed by atoms with Crippen molar-refractivity contribution in [1.29, 1.82) is 0 Å². The Balaban J connectivity index is 0.000000337. The summed E-state index contributed by atoms with van der Waals surface area (Å²) in [4.78, 5) is 48.3. The molecule has 3 atom stereocenters. The molecular weight excluding hydrogens is 1410 g/mol. The number of halogens is 3. The maximum absolute atomic E-state index is 13.3. The molecule has 1 aliphatic heterocycles.